The highest BCUT2D eigenvalue weighted by Crippen LogP contribution is 2.36. The van der Waals surface area contributed by atoms with Crippen LogP contribution in [0, 0.1) is 0 Å². The van der Waals surface area contributed by atoms with Crippen molar-refractivity contribution in [3.05, 3.63) is 29.3 Å². The van der Waals surface area contributed by atoms with E-state index in [-0.39, 0.29) is 0 Å². The fraction of sp³-hybridized carbons (Fsp3) is 0.364. The molecule has 4 heteroatoms. The Balaban J connectivity index is 2.43. The van der Waals surface area contributed by atoms with Gasteiger partial charge in [0.2, 0.25) is 4.46 Å². The Kier molecular flexibility index (Phi) is 2.89. The van der Waals surface area contributed by atoms with Gasteiger partial charge in [0, 0.05) is 18.2 Å². The van der Waals surface area contributed by atoms with Crippen molar-refractivity contribution in [1.29, 1.82) is 0 Å². The van der Waals surface area contributed by atoms with Crippen LogP contribution in [0.15, 0.2) is 23.2 Å². The number of aliphatic imine (C=N–C) groups is 1. The molecule has 15 heavy (non-hydrogen) atoms. The van der Waals surface area contributed by atoms with Crippen molar-refractivity contribution >= 4 is 29.4 Å². The topological polar surface area (TPSA) is 21.6 Å². The Morgan fingerprint density at radius 1 is 1.47 bits per heavy atom. The van der Waals surface area contributed by atoms with Gasteiger partial charge in [-0.2, -0.15) is 0 Å². The van der Waals surface area contributed by atoms with Crippen molar-refractivity contribution in [2.45, 2.75) is 17.8 Å². The molecule has 1 aliphatic rings. The summed E-state index contributed by atoms with van der Waals surface area (Å²) < 4.78 is 4.46. The highest BCUT2D eigenvalue weighted by atomic mass is 35.5. The normalized spacial score (nSPS) is 17.3. The Morgan fingerprint density at radius 2 is 2.27 bits per heavy atom. The summed E-state index contributed by atoms with van der Waals surface area (Å²) in [5.74, 6) is 0.840. The third kappa shape index (κ3) is 2.27. The van der Waals surface area contributed by atoms with Crippen molar-refractivity contribution in [3.8, 4) is 5.75 Å². The number of hydrogen-bond acceptors (Lipinski definition) is 2. The second-order valence-corrected chi connectivity index (χ2v) is 4.80. The van der Waals surface area contributed by atoms with Gasteiger partial charge < -0.3 is 4.74 Å². The summed E-state index contributed by atoms with van der Waals surface area (Å²) in [4.78, 5) is 4.05. The number of alkyl halides is 2. The van der Waals surface area contributed by atoms with Crippen molar-refractivity contribution in [2.75, 3.05) is 6.61 Å². The van der Waals surface area contributed by atoms with Crippen LogP contribution in [0.25, 0.3) is 0 Å². The molecular formula is C11H11Cl2NO. The lowest BCUT2D eigenvalue weighted by Crippen LogP contribution is -2.20. The van der Waals surface area contributed by atoms with Gasteiger partial charge in [0.15, 0.2) is 0 Å². The molecule has 0 saturated heterocycles. The third-order valence-corrected chi connectivity index (χ3v) is 2.71. The molecule has 0 amide bonds. The van der Waals surface area contributed by atoms with Gasteiger partial charge in [0.05, 0.1) is 6.61 Å². The average molecular weight is 244 g/mol. The minimum atomic E-state index is -1.06. The fourth-order valence-electron chi connectivity index (χ4n) is 1.61. The van der Waals surface area contributed by atoms with Crippen LogP contribution in [-0.2, 0) is 6.42 Å². The minimum Gasteiger partial charge on any atom is -0.494 e. The molecule has 0 saturated carbocycles. The highest BCUT2D eigenvalue weighted by Gasteiger charge is 2.28. The Hall–Kier alpha value is -0.730. The molecule has 0 radical (unpaired) electrons. The molecule has 2 nitrogen and oxygen atoms in total. The largest absolute Gasteiger partial charge is 0.494 e. The van der Waals surface area contributed by atoms with Gasteiger partial charge in [-0.05, 0) is 18.6 Å². The SMILES string of the molecule is CCOc1cccc2c1CC(Cl)(Cl)N=C2. The van der Waals surface area contributed by atoms with Gasteiger partial charge in [-0.1, -0.05) is 35.3 Å². The van der Waals surface area contributed by atoms with Gasteiger partial charge in [-0.15, -0.1) is 0 Å². The number of rotatable bonds is 2. The van der Waals surface area contributed by atoms with Crippen LogP contribution in [0.2, 0.25) is 0 Å². The Labute approximate surface area is 98.9 Å². The molecular weight excluding hydrogens is 233 g/mol. The summed E-state index contributed by atoms with van der Waals surface area (Å²) in [5.41, 5.74) is 2.05. The van der Waals surface area contributed by atoms with Crippen LogP contribution in [0.3, 0.4) is 0 Å². The smallest absolute Gasteiger partial charge is 0.211 e. The first-order chi connectivity index (χ1) is 7.12. The number of fused-ring (bicyclic) bond motifs is 1. The summed E-state index contributed by atoms with van der Waals surface area (Å²) in [6.07, 6.45) is 2.18. The van der Waals surface area contributed by atoms with Crippen LogP contribution in [0.1, 0.15) is 18.1 Å². The number of hydrogen-bond donors (Lipinski definition) is 0. The van der Waals surface area contributed by atoms with E-state index in [2.05, 4.69) is 4.99 Å². The number of nitrogens with zero attached hydrogens (tertiary/aromatic N) is 1. The third-order valence-electron chi connectivity index (χ3n) is 2.25. The molecule has 0 N–H and O–H groups in total. The van der Waals surface area contributed by atoms with Crippen molar-refractivity contribution in [3.63, 3.8) is 0 Å². The van der Waals surface area contributed by atoms with E-state index < -0.39 is 4.46 Å². The number of ether oxygens (including phenoxy) is 1. The minimum absolute atomic E-state index is 0.484. The molecule has 80 valence electrons. The summed E-state index contributed by atoms with van der Waals surface area (Å²) >= 11 is 12.0. The predicted molar refractivity (Wildman–Crippen MR) is 63.3 cm³/mol. The maximum atomic E-state index is 5.98. The molecule has 1 aromatic rings. The van der Waals surface area contributed by atoms with Gasteiger partial charge in [0.1, 0.15) is 5.75 Å². The van der Waals surface area contributed by atoms with Crippen LogP contribution < -0.4 is 4.74 Å². The monoisotopic (exact) mass is 243 g/mol. The molecule has 0 bridgehead atoms. The summed E-state index contributed by atoms with van der Waals surface area (Å²) in [5, 5.41) is 0. The van der Waals surface area contributed by atoms with Crippen molar-refractivity contribution in [1.82, 2.24) is 0 Å². The van der Waals surface area contributed by atoms with Crippen LogP contribution in [0.4, 0.5) is 0 Å². The number of halogens is 2. The van der Waals surface area contributed by atoms with E-state index in [0.717, 1.165) is 16.9 Å². The first kappa shape index (κ1) is 10.8. The molecule has 1 aliphatic heterocycles. The zero-order valence-electron chi connectivity index (χ0n) is 8.34. The highest BCUT2D eigenvalue weighted by molar-refractivity contribution is 6.48. The lowest BCUT2D eigenvalue weighted by molar-refractivity contribution is 0.336. The van der Waals surface area contributed by atoms with Gasteiger partial charge in [-0.3, -0.25) is 4.99 Å². The summed E-state index contributed by atoms with van der Waals surface area (Å²) in [6, 6.07) is 5.83. The maximum absolute atomic E-state index is 5.98. The summed E-state index contributed by atoms with van der Waals surface area (Å²) in [7, 11) is 0. The van der Waals surface area contributed by atoms with Crippen LogP contribution in [-0.4, -0.2) is 17.3 Å². The molecule has 0 atom stereocenters. The van der Waals surface area contributed by atoms with Crippen LogP contribution in [0.5, 0.6) is 5.75 Å². The molecule has 2 rings (SSSR count). The first-order valence-corrected chi connectivity index (χ1v) is 5.56. The van der Waals surface area contributed by atoms with E-state index >= 15 is 0 Å². The van der Waals surface area contributed by atoms with E-state index in [1.54, 1.807) is 6.21 Å². The molecule has 1 heterocycles. The van der Waals surface area contributed by atoms with E-state index in [1.807, 2.05) is 25.1 Å². The lowest BCUT2D eigenvalue weighted by atomic mass is 10.0. The molecule has 0 aromatic heterocycles. The molecule has 1 aromatic carbocycles. The molecule has 0 unspecified atom stereocenters. The van der Waals surface area contributed by atoms with Gasteiger partial charge >= 0.3 is 0 Å². The van der Waals surface area contributed by atoms with E-state index in [0.29, 0.717) is 13.0 Å². The zero-order valence-corrected chi connectivity index (χ0v) is 9.85. The Bertz CT molecular complexity index is 402. The van der Waals surface area contributed by atoms with Gasteiger partial charge in [-0.25, -0.2) is 0 Å². The standard InChI is InChI=1S/C11H11Cl2NO/c1-2-15-10-5-3-4-8-7-14-11(12,13)6-9(8)10/h3-5,7H,2,6H2,1H3. The zero-order chi connectivity index (χ0) is 10.9. The quantitative estimate of drug-likeness (QED) is 0.578. The van der Waals surface area contributed by atoms with Crippen LogP contribution >= 0.6 is 23.2 Å². The van der Waals surface area contributed by atoms with E-state index in [9.17, 15) is 0 Å². The van der Waals surface area contributed by atoms with Crippen molar-refractivity contribution < 1.29 is 4.74 Å². The molecule has 0 spiro atoms. The fourth-order valence-corrected chi connectivity index (χ4v) is 1.97. The predicted octanol–water partition coefficient (Wildman–Crippen LogP) is 3.19. The average Bonchev–Trinajstić information content (AvgIpc) is 2.18. The first-order valence-electron chi connectivity index (χ1n) is 4.80. The van der Waals surface area contributed by atoms with Crippen molar-refractivity contribution in [2.24, 2.45) is 4.99 Å². The molecule has 0 fully saturated rings. The number of benzene rings is 1. The lowest BCUT2D eigenvalue weighted by Gasteiger charge is -2.22. The second kappa shape index (κ2) is 4.03. The van der Waals surface area contributed by atoms with E-state index in [1.165, 1.54) is 0 Å². The maximum Gasteiger partial charge on any atom is 0.211 e. The Morgan fingerprint density at radius 3 is 3.00 bits per heavy atom. The van der Waals surface area contributed by atoms with Gasteiger partial charge in [0.25, 0.3) is 0 Å². The van der Waals surface area contributed by atoms with E-state index in [4.69, 9.17) is 27.9 Å². The second-order valence-electron chi connectivity index (χ2n) is 3.36. The molecule has 0 aliphatic carbocycles. The summed E-state index contributed by atoms with van der Waals surface area (Å²) in [6.45, 7) is 2.58.